The van der Waals surface area contributed by atoms with E-state index >= 15 is 0 Å². The van der Waals surface area contributed by atoms with Crippen LogP contribution in [-0.2, 0) is 11.2 Å². The zero-order chi connectivity index (χ0) is 13.0. The maximum atomic E-state index is 11.1. The van der Waals surface area contributed by atoms with Gasteiger partial charge in [0.2, 0.25) is 5.91 Å². The Kier molecular flexibility index (Phi) is 3.94. The zero-order valence-corrected chi connectivity index (χ0v) is 10.4. The molecular weight excluding hydrogens is 230 g/mol. The highest BCUT2D eigenvalue weighted by Gasteiger charge is 2.05. The van der Waals surface area contributed by atoms with Crippen molar-refractivity contribution >= 4 is 22.6 Å². The number of hydrogen-bond donors (Lipinski definition) is 3. The van der Waals surface area contributed by atoms with Gasteiger partial charge in [-0.15, -0.1) is 0 Å². The maximum Gasteiger partial charge on any atom is 0.250 e. The number of benzene rings is 1. The summed E-state index contributed by atoms with van der Waals surface area (Å²) in [6.07, 6.45) is 3.17. The van der Waals surface area contributed by atoms with Crippen LogP contribution in [0.1, 0.15) is 25.6 Å². The third kappa shape index (κ3) is 2.87. The molecule has 0 atom stereocenters. The molecule has 0 bridgehead atoms. The van der Waals surface area contributed by atoms with Crippen LogP contribution in [0.25, 0.3) is 11.0 Å². The molecule has 1 aromatic heterocycles. The van der Waals surface area contributed by atoms with Gasteiger partial charge in [-0.2, -0.15) is 0 Å². The molecule has 0 saturated heterocycles. The number of rotatable bonds is 5. The average molecular weight is 247 g/mol. The fraction of sp³-hybridized carbons (Fsp3) is 0.385. The molecule has 5 nitrogen and oxygen atoms in total. The molecule has 0 aliphatic heterocycles. The highest BCUT2D eigenvalue weighted by Crippen LogP contribution is 2.18. The number of carbonyl (C=O) groups is 1. The molecule has 0 spiro atoms. The number of aliphatic hydroxyl groups is 1. The number of aryl methyl sites for hydroxylation is 1. The van der Waals surface area contributed by atoms with Gasteiger partial charge < -0.3 is 15.4 Å². The molecule has 1 amide bonds. The van der Waals surface area contributed by atoms with Gasteiger partial charge in [0, 0.05) is 12.1 Å². The van der Waals surface area contributed by atoms with Crippen LogP contribution < -0.4 is 5.32 Å². The van der Waals surface area contributed by atoms with E-state index in [0.29, 0.717) is 5.69 Å². The van der Waals surface area contributed by atoms with E-state index in [9.17, 15) is 4.79 Å². The lowest BCUT2D eigenvalue weighted by atomic mass is 10.2. The Morgan fingerprint density at radius 2 is 2.33 bits per heavy atom. The Balaban J connectivity index is 2.19. The number of unbranched alkanes of at least 4 members (excludes halogenated alkanes) is 1. The first kappa shape index (κ1) is 12.6. The van der Waals surface area contributed by atoms with Gasteiger partial charge in [-0.1, -0.05) is 13.3 Å². The van der Waals surface area contributed by atoms with Crippen LogP contribution in [0.3, 0.4) is 0 Å². The van der Waals surface area contributed by atoms with Crippen molar-refractivity contribution in [3.8, 4) is 0 Å². The van der Waals surface area contributed by atoms with Crippen molar-refractivity contribution in [2.45, 2.75) is 26.2 Å². The lowest BCUT2D eigenvalue weighted by Gasteiger charge is -2.01. The normalized spacial score (nSPS) is 10.8. The molecule has 1 heterocycles. The second kappa shape index (κ2) is 5.64. The largest absolute Gasteiger partial charge is 0.387 e. The Morgan fingerprint density at radius 3 is 3.06 bits per heavy atom. The van der Waals surface area contributed by atoms with Crippen molar-refractivity contribution < 1.29 is 9.90 Å². The molecule has 0 aliphatic carbocycles. The number of nitrogens with zero attached hydrogens (tertiary/aromatic N) is 1. The van der Waals surface area contributed by atoms with Gasteiger partial charge in [-0.25, -0.2) is 4.98 Å². The number of aliphatic hydroxyl groups excluding tert-OH is 1. The van der Waals surface area contributed by atoms with Gasteiger partial charge in [0.15, 0.2) is 0 Å². The number of anilines is 1. The number of fused-ring (bicyclic) bond motifs is 1. The molecule has 3 N–H and O–H groups in total. The summed E-state index contributed by atoms with van der Waals surface area (Å²) in [6.45, 7) is 1.63. The van der Waals surface area contributed by atoms with Crippen molar-refractivity contribution in [1.29, 1.82) is 0 Å². The predicted octanol–water partition coefficient (Wildman–Crippen LogP) is 1.84. The summed E-state index contributed by atoms with van der Waals surface area (Å²) in [5, 5.41) is 11.3. The van der Waals surface area contributed by atoms with E-state index in [2.05, 4.69) is 22.2 Å². The summed E-state index contributed by atoms with van der Waals surface area (Å²) in [7, 11) is 0. The quantitative estimate of drug-likeness (QED) is 0.754. The standard InChI is InChI=1S/C13H17N3O2/c1-2-3-4-12-15-10-6-5-9(7-11(10)16-12)14-13(18)8-17/h5-7,17H,2-4,8H2,1H3,(H,14,18)(H,15,16). The topological polar surface area (TPSA) is 78.0 Å². The summed E-state index contributed by atoms with van der Waals surface area (Å²) in [4.78, 5) is 18.8. The molecule has 0 unspecified atom stereocenters. The second-order valence-corrected chi connectivity index (χ2v) is 4.23. The number of imidazole rings is 1. The Labute approximate surface area is 105 Å². The second-order valence-electron chi connectivity index (χ2n) is 4.23. The highest BCUT2D eigenvalue weighted by atomic mass is 16.3. The summed E-state index contributed by atoms with van der Waals surface area (Å²) < 4.78 is 0. The molecule has 5 heteroatoms. The molecule has 1 aromatic carbocycles. The van der Waals surface area contributed by atoms with E-state index in [1.54, 1.807) is 6.07 Å². The smallest absolute Gasteiger partial charge is 0.250 e. The minimum absolute atomic E-state index is 0.417. The average Bonchev–Trinajstić information content (AvgIpc) is 2.78. The summed E-state index contributed by atoms with van der Waals surface area (Å²) in [6, 6.07) is 5.46. The van der Waals surface area contributed by atoms with Gasteiger partial charge in [0.05, 0.1) is 11.0 Å². The number of carbonyl (C=O) groups excluding carboxylic acids is 1. The molecule has 0 saturated carbocycles. The number of aromatic amines is 1. The van der Waals surface area contributed by atoms with Gasteiger partial charge in [-0.05, 0) is 24.6 Å². The molecule has 0 fully saturated rings. The summed E-state index contributed by atoms with van der Waals surface area (Å²) in [5.74, 6) is 0.553. The van der Waals surface area contributed by atoms with E-state index in [0.717, 1.165) is 36.1 Å². The first-order valence-corrected chi connectivity index (χ1v) is 6.12. The molecule has 2 aromatic rings. The van der Waals surface area contributed by atoms with Crippen LogP contribution >= 0.6 is 0 Å². The molecule has 0 aliphatic rings. The van der Waals surface area contributed by atoms with Crippen molar-refractivity contribution in [2.75, 3.05) is 11.9 Å². The van der Waals surface area contributed by atoms with E-state index in [-0.39, 0.29) is 0 Å². The van der Waals surface area contributed by atoms with Crippen molar-refractivity contribution in [1.82, 2.24) is 9.97 Å². The molecule has 0 radical (unpaired) electrons. The third-order valence-corrected chi connectivity index (χ3v) is 2.73. The minimum Gasteiger partial charge on any atom is -0.387 e. The molecule has 96 valence electrons. The predicted molar refractivity (Wildman–Crippen MR) is 70.4 cm³/mol. The van der Waals surface area contributed by atoms with Crippen LogP contribution in [0.4, 0.5) is 5.69 Å². The third-order valence-electron chi connectivity index (χ3n) is 2.73. The Hall–Kier alpha value is -1.88. The van der Waals surface area contributed by atoms with Gasteiger partial charge >= 0.3 is 0 Å². The summed E-state index contributed by atoms with van der Waals surface area (Å²) >= 11 is 0. The van der Waals surface area contributed by atoms with Gasteiger partial charge in [0.1, 0.15) is 12.4 Å². The van der Waals surface area contributed by atoms with Crippen molar-refractivity contribution in [2.24, 2.45) is 0 Å². The Morgan fingerprint density at radius 1 is 1.50 bits per heavy atom. The minimum atomic E-state index is -0.511. The van der Waals surface area contributed by atoms with Crippen LogP contribution in [0.15, 0.2) is 18.2 Å². The lowest BCUT2D eigenvalue weighted by Crippen LogP contribution is -2.15. The van der Waals surface area contributed by atoms with Crippen LogP contribution in [-0.4, -0.2) is 27.6 Å². The van der Waals surface area contributed by atoms with Crippen LogP contribution in [0.5, 0.6) is 0 Å². The van der Waals surface area contributed by atoms with Gasteiger partial charge in [-0.3, -0.25) is 4.79 Å². The van der Waals surface area contributed by atoms with Gasteiger partial charge in [0.25, 0.3) is 0 Å². The molecule has 2 rings (SSSR count). The van der Waals surface area contributed by atoms with Crippen molar-refractivity contribution in [3.05, 3.63) is 24.0 Å². The highest BCUT2D eigenvalue weighted by molar-refractivity contribution is 5.93. The fourth-order valence-electron chi connectivity index (χ4n) is 1.80. The first-order chi connectivity index (χ1) is 8.72. The van der Waals surface area contributed by atoms with Crippen molar-refractivity contribution in [3.63, 3.8) is 0 Å². The molecule has 18 heavy (non-hydrogen) atoms. The zero-order valence-electron chi connectivity index (χ0n) is 10.4. The van der Waals surface area contributed by atoms with E-state index in [1.807, 2.05) is 12.1 Å². The maximum absolute atomic E-state index is 11.1. The number of aromatic nitrogens is 2. The van der Waals surface area contributed by atoms with Crippen LogP contribution in [0, 0.1) is 0 Å². The van der Waals surface area contributed by atoms with E-state index < -0.39 is 12.5 Å². The summed E-state index contributed by atoms with van der Waals surface area (Å²) in [5.41, 5.74) is 2.45. The van der Waals surface area contributed by atoms with Crippen LogP contribution in [0.2, 0.25) is 0 Å². The lowest BCUT2D eigenvalue weighted by molar-refractivity contribution is -0.118. The first-order valence-electron chi connectivity index (χ1n) is 6.12. The number of nitrogens with one attached hydrogen (secondary N) is 2. The number of H-pyrrole nitrogens is 1. The number of hydrogen-bond acceptors (Lipinski definition) is 3. The van der Waals surface area contributed by atoms with E-state index in [1.165, 1.54) is 0 Å². The SMILES string of the molecule is CCCCc1nc2ccc(NC(=O)CO)cc2[nH]1. The Bertz CT molecular complexity index is 548. The monoisotopic (exact) mass is 247 g/mol. The number of amides is 1. The van der Waals surface area contributed by atoms with E-state index in [4.69, 9.17) is 5.11 Å². The molecular formula is C13H17N3O2. The fourth-order valence-corrected chi connectivity index (χ4v) is 1.80.